The van der Waals surface area contributed by atoms with Crippen molar-refractivity contribution >= 4 is 45.7 Å². The van der Waals surface area contributed by atoms with Gasteiger partial charge in [-0.25, -0.2) is 0 Å². The third kappa shape index (κ3) is 5.61. The van der Waals surface area contributed by atoms with Crippen molar-refractivity contribution in [1.29, 1.82) is 0 Å². The number of benzene rings is 1. The van der Waals surface area contributed by atoms with Gasteiger partial charge in [0.25, 0.3) is 5.91 Å². The highest BCUT2D eigenvalue weighted by molar-refractivity contribution is 8.01. The first-order valence-corrected chi connectivity index (χ1v) is 10.8. The average Bonchev–Trinajstić information content (AvgIpc) is 3.27. The fourth-order valence-electron chi connectivity index (χ4n) is 2.50. The fourth-order valence-corrected chi connectivity index (χ4v) is 4.05. The van der Waals surface area contributed by atoms with Crippen molar-refractivity contribution in [3.05, 3.63) is 47.3 Å². The van der Waals surface area contributed by atoms with Gasteiger partial charge in [-0.2, -0.15) is 13.2 Å². The predicted molar refractivity (Wildman–Crippen MR) is 107 cm³/mol. The smallest absolute Gasteiger partial charge is 0.360 e. The molecular formula is C18H14F3N5O3S2. The van der Waals surface area contributed by atoms with Crippen LogP contribution in [0.1, 0.15) is 40.6 Å². The molecule has 0 unspecified atom stereocenters. The number of carbonyl (C=O) groups is 2. The predicted octanol–water partition coefficient (Wildman–Crippen LogP) is 4.41. The monoisotopic (exact) mass is 469 g/mol. The Morgan fingerprint density at radius 3 is 2.58 bits per heavy atom. The van der Waals surface area contributed by atoms with Crippen molar-refractivity contribution in [1.82, 2.24) is 15.4 Å². The van der Waals surface area contributed by atoms with Gasteiger partial charge in [0, 0.05) is 17.7 Å². The molecule has 162 valence electrons. The Morgan fingerprint density at radius 1 is 1.16 bits per heavy atom. The van der Waals surface area contributed by atoms with Gasteiger partial charge in [-0.1, -0.05) is 28.3 Å². The number of nitrogens with one attached hydrogen (secondary N) is 2. The number of nitrogens with zero attached hydrogens (tertiary/aromatic N) is 3. The molecule has 8 nitrogen and oxygen atoms in total. The molecule has 0 spiro atoms. The van der Waals surface area contributed by atoms with E-state index in [9.17, 15) is 22.8 Å². The second-order valence-electron chi connectivity index (χ2n) is 6.63. The Kier molecular flexibility index (Phi) is 5.96. The first-order chi connectivity index (χ1) is 14.8. The van der Waals surface area contributed by atoms with Gasteiger partial charge in [0.05, 0.1) is 11.3 Å². The summed E-state index contributed by atoms with van der Waals surface area (Å²) in [5, 5.41) is 16.8. The van der Waals surface area contributed by atoms with E-state index in [4.69, 9.17) is 4.52 Å². The zero-order chi connectivity index (χ0) is 22.0. The van der Waals surface area contributed by atoms with Crippen molar-refractivity contribution in [2.75, 3.05) is 16.4 Å². The van der Waals surface area contributed by atoms with E-state index in [2.05, 4.69) is 26.0 Å². The molecule has 2 aromatic heterocycles. The quantitative estimate of drug-likeness (QED) is 0.390. The van der Waals surface area contributed by atoms with Crippen LogP contribution in [0, 0.1) is 0 Å². The number of thioether (sulfide) groups is 1. The summed E-state index contributed by atoms with van der Waals surface area (Å²) in [7, 11) is 0. The van der Waals surface area contributed by atoms with Crippen molar-refractivity contribution in [2.24, 2.45) is 0 Å². The zero-order valence-electron chi connectivity index (χ0n) is 15.6. The Morgan fingerprint density at radius 2 is 1.90 bits per heavy atom. The largest absolute Gasteiger partial charge is 0.416 e. The van der Waals surface area contributed by atoms with Gasteiger partial charge in [-0.15, -0.1) is 10.2 Å². The van der Waals surface area contributed by atoms with Gasteiger partial charge in [0.2, 0.25) is 11.0 Å². The Hall–Kier alpha value is -2.93. The molecule has 0 radical (unpaired) electrons. The summed E-state index contributed by atoms with van der Waals surface area (Å²) in [5.74, 6) is 0.117. The van der Waals surface area contributed by atoms with Crippen molar-refractivity contribution < 1.29 is 27.3 Å². The molecule has 1 saturated carbocycles. The van der Waals surface area contributed by atoms with E-state index >= 15 is 0 Å². The molecular weight excluding hydrogens is 455 g/mol. The number of rotatable bonds is 7. The SMILES string of the molecule is O=C(CSc1nnc(NC(=O)c2cc(C3CC3)on2)s1)Nc1ccc(C(F)(F)F)cc1. The summed E-state index contributed by atoms with van der Waals surface area (Å²) >= 11 is 2.16. The first-order valence-electron chi connectivity index (χ1n) is 8.99. The Labute approximate surface area is 181 Å². The zero-order valence-corrected chi connectivity index (χ0v) is 17.2. The molecule has 1 aromatic carbocycles. The number of amides is 2. The third-order valence-corrected chi connectivity index (χ3v) is 6.16. The molecule has 0 aliphatic heterocycles. The molecule has 2 N–H and O–H groups in total. The highest BCUT2D eigenvalue weighted by Crippen LogP contribution is 2.40. The van der Waals surface area contributed by atoms with Crippen molar-refractivity contribution in [3.8, 4) is 0 Å². The van der Waals surface area contributed by atoms with E-state index in [1.165, 1.54) is 12.1 Å². The third-order valence-electron chi connectivity index (χ3n) is 4.19. The van der Waals surface area contributed by atoms with Crippen LogP contribution in [0.3, 0.4) is 0 Å². The lowest BCUT2D eigenvalue weighted by Crippen LogP contribution is -2.14. The summed E-state index contributed by atoms with van der Waals surface area (Å²) in [6.07, 6.45) is -2.38. The summed E-state index contributed by atoms with van der Waals surface area (Å²) < 4.78 is 43.3. The number of aromatic nitrogens is 3. The van der Waals surface area contributed by atoms with Gasteiger partial charge >= 0.3 is 6.18 Å². The van der Waals surface area contributed by atoms with E-state index in [0.717, 1.165) is 48.1 Å². The van der Waals surface area contributed by atoms with E-state index in [1.54, 1.807) is 6.07 Å². The lowest BCUT2D eigenvalue weighted by Gasteiger charge is -2.08. The van der Waals surface area contributed by atoms with E-state index in [1.807, 2.05) is 0 Å². The minimum Gasteiger partial charge on any atom is -0.360 e. The Balaban J connectivity index is 1.25. The maximum Gasteiger partial charge on any atom is 0.416 e. The minimum atomic E-state index is -4.43. The molecule has 13 heteroatoms. The molecule has 2 heterocycles. The normalized spacial score (nSPS) is 13.8. The number of halogens is 3. The van der Waals surface area contributed by atoms with Crippen LogP contribution in [-0.2, 0) is 11.0 Å². The first kappa shape index (κ1) is 21.3. The molecule has 4 rings (SSSR count). The van der Waals surface area contributed by atoms with Gasteiger partial charge in [0.15, 0.2) is 10.0 Å². The van der Waals surface area contributed by atoms with E-state index < -0.39 is 23.6 Å². The molecule has 0 bridgehead atoms. The number of alkyl halides is 3. The molecule has 1 aliphatic rings. The van der Waals surface area contributed by atoms with Crippen LogP contribution in [0.5, 0.6) is 0 Å². The summed E-state index contributed by atoms with van der Waals surface area (Å²) in [6, 6.07) is 5.76. The topological polar surface area (TPSA) is 110 Å². The maximum atomic E-state index is 12.6. The number of hydrogen-bond donors (Lipinski definition) is 2. The maximum absolute atomic E-state index is 12.6. The molecule has 31 heavy (non-hydrogen) atoms. The molecule has 1 aliphatic carbocycles. The summed E-state index contributed by atoms with van der Waals surface area (Å²) in [6.45, 7) is 0. The van der Waals surface area contributed by atoms with E-state index in [-0.39, 0.29) is 22.3 Å². The highest BCUT2D eigenvalue weighted by Gasteiger charge is 2.30. The standard InChI is InChI=1S/C18H14F3N5O3S2/c19-18(20,21)10-3-5-11(6-4-10)22-14(27)8-30-17-25-24-16(31-17)23-15(28)12-7-13(29-26-12)9-1-2-9/h3-7,9H,1-2,8H2,(H,22,27)(H,23,24,28). The molecule has 2 amide bonds. The molecule has 0 saturated heterocycles. The van der Waals surface area contributed by atoms with Crippen LogP contribution >= 0.6 is 23.1 Å². The fraction of sp³-hybridized carbons (Fsp3) is 0.278. The number of anilines is 2. The van der Waals surface area contributed by atoms with Crippen LogP contribution in [0.2, 0.25) is 0 Å². The molecule has 1 fully saturated rings. The Bertz CT molecular complexity index is 1090. The van der Waals surface area contributed by atoms with Crippen LogP contribution in [0.25, 0.3) is 0 Å². The minimum absolute atomic E-state index is 0.0301. The lowest BCUT2D eigenvalue weighted by atomic mass is 10.2. The molecule has 3 aromatic rings. The van der Waals surface area contributed by atoms with Crippen LogP contribution in [0.4, 0.5) is 24.0 Å². The second kappa shape index (κ2) is 8.67. The molecule has 0 atom stereocenters. The van der Waals surface area contributed by atoms with Crippen LogP contribution in [0.15, 0.2) is 39.2 Å². The number of hydrogen-bond acceptors (Lipinski definition) is 8. The highest BCUT2D eigenvalue weighted by atomic mass is 32.2. The number of carbonyl (C=O) groups excluding carboxylic acids is 2. The second-order valence-corrected chi connectivity index (χ2v) is 8.83. The summed E-state index contributed by atoms with van der Waals surface area (Å²) in [4.78, 5) is 24.2. The van der Waals surface area contributed by atoms with Crippen molar-refractivity contribution in [3.63, 3.8) is 0 Å². The van der Waals surface area contributed by atoms with Gasteiger partial charge < -0.3 is 9.84 Å². The van der Waals surface area contributed by atoms with Gasteiger partial charge in [-0.3, -0.25) is 14.9 Å². The van der Waals surface area contributed by atoms with Crippen LogP contribution < -0.4 is 10.6 Å². The van der Waals surface area contributed by atoms with E-state index in [0.29, 0.717) is 16.0 Å². The average molecular weight is 469 g/mol. The van der Waals surface area contributed by atoms with Crippen molar-refractivity contribution in [2.45, 2.75) is 29.3 Å². The van der Waals surface area contributed by atoms with Crippen LogP contribution in [-0.4, -0.2) is 32.9 Å². The van der Waals surface area contributed by atoms with Gasteiger partial charge in [-0.05, 0) is 37.1 Å². The lowest BCUT2D eigenvalue weighted by molar-refractivity contribution is -0.137. The summed E-state index contributed by atoms with van der Waals surface area (Å²) in [5.41, 5.74) is -0.387. The van der Waals surface area contributed by atoms with Gasteiger partial charge in [0.1, 0.15) is 5.76 Å².